The Kier molecular flexibility index (Phi) is 4.24. The fraction of sp³-hybridized carbons (Fsp3) is 0.667. The smallest absolute Gasteiger partial charge is 0.223 e. The second-order valence-corrected chi connectivity index (χ2v) is 4.90. The van der Waals surface area contributed by atoms with Gasteiger partial charge in [-0.3, -0.25) is 4.90 Å². The van der Waals surface area contributed by atoms with Crippen LogP contribution in [-0.4, -0.2) is 47.1 Å². The van der Waals surface area contributed by atoms with Crippen molar-refractivity contribution < 1.29 is 0 Å². The lowest BCUT2D eigenvalue weighted by Crippen LogP contribution is -2.37. The third-order valence-electron chi connectivity index (χ3n) is 3.51. The summed E-state index contributed by atoms with van der Waals surface area (Å²) in [4.78, 5) is 12.8. The molecule has 5 nitrogen and oxygen atoms in total. The van der Waals surface area contributed by atoms with E-state index in [9.17, 15) is 0 Å². The molecular weight excluding hydrogens is 250 g/mol. The Morgan fingerprint density at radius 3 is 2.78 bits per heavy atom. The van der Waals surface area contributed by atoms with Gasteiger partial charge >= 0.3 is 0 Å². The molecule has 1 saturated heterocycles. The minimum Gasteiger partial charge on any atom is -0.368 e. The normalized spacial score (nSPS) is 19.8. The van der Waals surface area contributed by atoms with Gasteiger partial charge in [0.15, 0.2) is 0 Å². The summed E-state index contributed by atoms with van der Waals surface area (Å²) >= 11 is 5.91. The molecule has 2 heterocycles. The van der Waals surface area contributed by atoms with Crippen LogP contribution >= 0.6 is 11.6 Å². The Morgan fingerprint density at radius 2 is 2.17 bits per heavy atom. The van der Waals surface area contributed by atoms with E-state index in [4.69, 9.17) is 17.3 Å². The summed E-state index contributed by atoms with van der Waals surface area (Å²) in [5, 5.41) is 0.406. The summed E-state index contributed by atoms with van der Waals surface area (Å²) in [6, 6.07) is 2.37. The van der Waals surface area contributed by atoms with Crippen LogP contribution in [0.15, 0.2) is 6.07 Å². The number of nitrogen functional groups attached to an aromatic ring is 1. The van der Waals surface area contributed by atoms with Crippen LogP contribution in [0, 0.1) is 0 Å². The molecule has 1 unspecified atom stereocenters. The summed E-state index contributed by atoms with van der Waals surface area (Å²) in [6.45, 7) is 8.54. The van der Waals surface area contributed by atoms with Crippen molar-refractivity contribution in [3.63, 3.8) is 0 Å². The van der Waals surface area contributed by atoms with Crippen molar-refractivity contribution in [3.05, 3.63) is 11.2 Å². The summed E-state index contributed by atoms with van der Waals surface area (Å²) in [6.07, 6.45) is 1.16. The van der Waals surface area contributed by atoms with Crippen LogP contribution in [-0.2, 0) is 0 Å². The number of nitrogens with zero attached hydrogens (tertiary/aromatic N) is 4. The second kappa shape index (κ2) is 5.71. The van der Waals surface area contributed by atoms with Gasteiger partial charge in [-0.05, 0) is 19.5 Å². The first kappa shape index (κ1) is 13.4. The van der Waals surface area contributed by atoms with Gasteiger partial charge in [0.2, 0.25) is 5.95 Å². The van der Waals surface area contributed by atoms with Crippen LogP contribution in [0.3, 0.4) is 0 Å². The SMILES string of the molecule is CCN(CC)C1CCN(c2cc(Cl)nc(N)n2)C1. The first-order valence-corrected chi connectivity index (χ1v) is 6.80. The molecule has 0 aromatic carbocycles. The summed E-state index contributed by atoms with van der Waals surface area (Å²) < 4.78 is 0. The van der Waals surface area contributed by atoms with Gasteiger partial charge in [0.25, 0.3) is 0 Å². The van der Waals surface area contributed by atoms with Gasteiger partial charge in [-0.2, -0.15) is 4.98 Å². The van der Waals surface area contributed by atoms with E-state index in [1.54, 1.807) is 6.07 Å². The highest BCUT2D eigenvalue weighted by atomic mass is 35.5. The first-order chi connectivity index (χ1) is 8.63. The largest absolute Gasteiger partial charge is 0.368 e. The number of likely N-dealkylation sites (N-methyl/N-ethyl adjacent to an activating group) is 1. The first-order valence-electron chi connectivity index (χ1n) is 6.43. The highest BCUT2D eigenvalue weighted by Gasteiger charge is 2.27. The van der Waals surface area contributed by atoms with E-state index in [2.05, 4.69) is 33.6 Å². The second-order valence-electron chi connectivity index (χ2n) is 4.52. The monoisotopic (exact) mass is 269 g/mol. The Morgan fingerprint density at radius 1 is 1.44 bits per heavy atom. The quantitative estimate of drug-likeness (QED) is 0.842. The zero-order valence-electron chi connectivity index (χ0n) is 10.9. The number of rotatable bonds is 4. The van der Waals surface area contributed by atoms with Gasteiger partial charge in [0.1, 0.15) is 11.0 Å². The predicted octanol–water partition coefficient (Wildman–Crippen LogP) is 1.63. The van der Waals surface area contributed by atoms with Gasteiger partial charge in [0, 0.05) is 25.2 Å². The van der Waals surface area contributed by atoms with E-state index in [0.717, 1.165) is 38.4 Å². The molecule has 0 radical (unpaired) electrons. The average Bonchev–Trinajstić information content (AvgIpc) is 2.79. The van der Waals surface area contributed by atoms with Crippen molar-refractivity contribution in [2.45, 2.75) is 26.3 Å². The molecule has 1 aromatic heterocycles. The number of halogens is 1. The van der Waals surface area contributed by atoms with E-state index in [1.807, 2.05) is 0 Å². The van der Waals surface area contributed by atoms with Crippen molar-refractivity contribution >= 4 is 23.4 Å². The topological polar surface area (TPSA) is 58.3 Å². The maximum absolute atomic E-state index is 5.91. The third kappa shape index (κ3) is 2.84. The van der Waals surface area contributed by atoms with Gasteiger partial charge in [-0.25, -0.2) is 4.98 Å². The van der Waals surface area contributed by atoms with E-state index < -0.39 is 0 Å². The average molecular weight is 270 g/mol. The molecule has 2 rings (SSSR count). The molecule has 2 N–H and O–H groups in total. The van der Waals surface area contributed by atoms with Crippen LogP contribution in [0.25, 0.3) is 0 Å². The van der Waals surface area contributed by atoms with Crippen molar-refractivity contribution in [2.75, 3.05) is 36.8 Å². The maximum atomic E-state index is 5.91. The van der Waals surface area contributed by atoms with Crippen LogP contribution in [0.5, 0.6) is 0 Å². The lowest BCUT2D eigenvalue weighted by Gasteiger charge is -2.26. The minimum atomic E-state index is 0.240. The van der Waals surface area contributed by atoms with Crippen LogP contribution < -0.4 is 10.6 Å². The van der Waals surface area contributed by atoms with Crippen LogP contribution in [0.2, 0.25) is 5.15 Å². The van der Waals surface area contributed by atoms with Gasteiger partial charge in [0.05, 0.1) is 0 Å². The lowest BCUT2D eigenvalue weighted by atomic mass is 10.2. The van der Waals surface area contributed by atoms with Gasteiger partial charge in [-0.15, -0.1) is 0 Å². The zero-order valence-corrected chi connectivity index (χ0v) is 11.7. The predicted molar refractivity (Wildman–Crippen MR) is 75.0 cm³/mol. The zero-order chi connectivity index (χ0) is 13.1. The van der Waals surface area contributed by atoms with E-state index in [1.165, 1.54) is 0 Å². The fourth-order valence-electron chi connectivity index (χ4n) is 2.57. The molecule has 0 spiro atoms. The molecule has 18 heavy (non-hydrogen) atoms. The lowest BCUT2D eigenvalue weighted by molar-refractivity contribution is 0.232. The molecule has 1 aliphatic heterocycles. The van der Waals surface area contributed by atoms with E-state index in [-0.39, 0.29) is 5.95 Å². The molecule has 0 amide bonds. The summed E-state index contributed by atoms with van der Waals surface area (Å²) in [5.41, 5.74) is 5.63. The van der Waals surface area contributed by atoms with Crippen molar-refractivity contribution in [2.24, 2.45) is 0 Å². The Balaban J connectivity index is 2.08. The molecular formula is C12H20ClN5. The third-order valence-corrected chi connectivity index (χ3v) is 3.71. The molecule has 0 bridgehead atoms. The number of aromatic nitrogens is 2. The Hall–Kier alpha value is -1.07. The standard InChI is InChI=1S/C12H20ClN5/c1-3-17(4-2)9-5-6-18(8-9)11-7-10(13)15-12(14)16-11/h7,9H,3-6,8H2,1-2H3,(H2,14,15,16). The molecule has 1 aromatic rings. The molecule has 0 saturated carbocycles. The highest BCUT2D eigenvalue weighted by molar-refractivity contribution is 6.29. The van der Waals surface area contributed by atoms with Crippen LogP contribution in [0.1, 0.15) is 20.3 Å². The van der Waals surface area contributed by atoms with Gasteiger partial charge < -0.3 is 10.6 Å². The molecule has 1 aliphatic rings. The maximum Gasteiger partial charge on any atom is 0.223 e. The Labute approximate surface area is 113 Å². The van der Waals surface area contributed by atoms with Crippen molar-refractivity contribution in [1.82, 2.24) is 14.9 Å². The van der Waals surface area contributed by atoms with Crippen molar-refractivity contribution in [3.8, 4) is 0 Å². The molecule has 100 valence electrons. The highest BCUT2D eigenvalue weighted by Crippen LogP contribution is 2.23. The molecule has 1 atom stereocenters. The Bertz CT molecular complexity index is 387. The van der Waals surface area contributed by atoms with Gasteiger partial charge in [-0.1, -0.05) is 25.4 Å². The van der Waals surface area contributed by atoms with Crippen molar-refractivity contribution in [1.29, 1.82) is 0 Å². The number of hydrogen-bond donors (Lipinski definition) is 1. The number of anilines is 2. The van der Waals surface area contributed by atoms with E-state index in [0.29, 0.717) is 11.2 Å². The summed E-state index contributed by atoms with van der Waals surface area (Å²) in [5.74, 6) is 1.07. The van der Waals surface area contributed by atoms with E-state index >= 15 is 0 Å². The summed E-state index contributed by atoms with van der Waals surface area (Å²) in [7, 11) is 0. The molecule has 1 fully saturated rings. The number of hydrogen-bond acceptors (Lipinski definition) is 5. The molecule has 0 aliphatic carbocycles. The minimum absolute atomic E-state index is 0.240. The van der Waals surface area contributed by atoms with Crippen LogP contribution in [0.4, 0.5) is 11.8 Å². The fourth-order valence-corrected chi connectivity index (χ4v) is 2.76. The molecule has 6 heteroatoms. The number of nitrogens with two attached hydrogens (primary N) is 1.